The number of esters is 1. The predicted octanol–water partition coefficient (Wildman–Crippen LogP) is 3.30. The Kier molecular flexibility index (Phi) is 3.89. The molecule has 2 aromatic rings. The van der Waals surface area contributed by atoms with Crippen LogP contribution in [0.4, 0.5) is 10.1 Å². The average molecular weight is 275 g/mol. The van der Waals surface area contributed by atoms with Crippen molar-refractivity contribution in [3.8, 4) is 11.5 Å². The van der Waals surface area contributed by atoms with Gasteiger partial charge in [0.05, 0.1) is 7.11 Å². The highest BCUT2D eigenvalue weighted by Gasteiger charge is 2.16. The SMILES string of the molecule is COC(=O)c1cc(N)c(C)cc1Oc1ccc(F)cc1. The number of anilines is 1. The molecule has 0 aliphatic rings. The minimum absolute atomic E-state index is 0.222. The Hall–Kier alpha value is -2.56. The van der Waals surface area contributed by atoms with Gasteiger partial charge in [-0.25, -0.2) is 9.18 Å². The molecular formula is C15H14FNO3. The zero-order valence-electron chi connectivity index (χ0n) is 11.1. The van der Waals surface area contributed by atoms with Crippen molar-refractivity contribution in [3.63, 3.8) is 0 Å². The topological polar surface area (TPSA) is 61.5 Å². The first-order valence-electron chi connectivity index (χ1n) is 5.93. The van der Waals surface area contributed by atoms with E-state index in [2.05, 4.69) is 0 Å². The highest BCUT2D eigenvalue weighted by Crippen LogP contribution is 2.30. The molecule has 0 saturated heterocycles. The van der Waals surface area contributed by atoms with Gasteiger partial charge < -0.3 is 15.2 Å². The van der Waals surface area contributed by atoms with Crippen molar-refractivity contribution in [1.82, 2.24) is 0 Å². The first kappa shape index (κ1) is 13.9. The van der Waals surface area contributed by atoms with Gasteiger partial charge in [-0.05, 0) is 48.9 Å². The van der Waals surface area contributed by atoms with Crippen LogP contribution in [0.2, 0.25) is 0 Å². The van der Waals surface area contributed by atoms with Crippen LogP contribution in [0.25, 0.3) is 0 Å². The first-order valence-corrected chi connectivity index (χ1v) is 5.93. The summed E-state index contributed by atoms with van der Waals surface area (Å²) in [7, 11) is 1.28. The van der Waals surface area contributed by atoms with E-state index in [1.54, 1.807) is 13.0 Å². The van der Waals surface area contributed by atoms with Crippen LogP contribution >= 0.6 is 0 Å². The molecule has 2 aromatic carbocycles. The Morgan fingerprint density at radius 2 is 1.85 bits per heavy atom. The summed E-state index contributed by atoms with van der Waals surface area (Å²) < 4.78 is 23.2. The Morgan fingerprint density at radius 1 is 1.20 bits per heavy atom. The van der Waals surface area contributed by atoms with Crippen LogP contribution in [0.3, 0.4) is 0 Å². The minimum Gasteiger partial charge on any atom is -0.465 e. The number of ether oxygens (including phenoxy) is 2. The van der Waals surface area contributed by atoms with Gasteiger partial charge in [0, 0.05) is 5.69 Å². The molecule has 0 atom stereocenters. The molecule has 0 bridgehead atoms. The lowest BCUT2D eigenvalue weighted by Crippen LogP contribution is -2.06. The maximum absolute atomic E-state index is 12.9. The Bertz CT molecular complexity index is 638. The van der Waals surface area contributed by atoms with E-state index < -0.39 is 5.97 Å². The fourth-order valence-electron chi connectivity index (χ4n) is 1.68. The van der Waals surface area contributed by atoms with Gasteiger partial charge >= 0.3 is 5.97 Å². The number of halogens is 1. The minimum atomic E-state index is -0.547. The summed E-state index contributed by atoms with van der Waals surface area (Å²) in [5.41, 5.74) is 7.25. The third-order valence-electron chi connectivity index (χ3n) is 2.81. The lowest BCUT2D eigenvalue weighted by Gasteiger charge is -2.12. The number of benzene rings is 2. The molecule has 104 valence electrons. The second kappa shape index (κ2) is 5.61. The van der Waals surface area contributed by atoms with Gasteiger partial charge in [-0.1, -0.05) is 0 Å². The lowest BCUT2D eigenvalue weighted by molar-refractivity contribution is 0.0598. The number of aryl methyl sites for hydroxylation is 1. The van der Waals surface area contributed by atoms with Gasteiger partial charge in [0.25, 0.3) is 0 Å². The van der Waals surface area contributed by atoms with E-state index >= 15 is 0 Å². The number of nitrogens with two attached hydrogens (primary N) is 1. The largest absolute Gasteiger partial charge is 0.465 e. The number of nitrogen functional groups attached to an aromatic ring is 1. The summed E-state index contributed by atoms with van der Waals surface area (Å²) in [6, 6.07) is 8.64. The number of carbonyl (C=O) groups is 1. The molecule has 0 saturated carbocycles. The van der Waals surface area contributed by atoms with Gasteiger partial charge in [-0.2, -0.15) is 0 Å². The lowest BCUT2D eigenvalue weighted by atomic mass is 10.1. The second-order valence-electron chi connectivity index (χ2n) is 4.25. The van der Waals surface area contributed by atoms with Crippen molar-refractivity contribution >= 4 is 11.7 Å². The summed E-state index contributed by atoms with van der Waals surface area (Å²) in [4.78, 5) is 11.7. The third kappa shape index (κ3) is 2.88. The molecule has 0 aliphatic carbocycles. The van der Waals surface area contributed by atoms with Crippen LogP contribution in [0.15, 0.2) is 36.4 Å². The summed E-state index contributed by atoms with van der Waals surface area (Å²) in [5.74, 6) is -0.177. The van der Waals surface area contributed by atoms with E-state index in [0.29, 0.717) is 17.2 Å². The quantitative estimate of drug-likeness (QED) is 0.689. The molecule has 2 N–H and O–H groups in total. The summed E-state index contributed by atoms with van der Waals surface area (Å²) in [5, 5.41) is 0. The predicted molar refractivity (Wildman–Crippen MR) is 73.4 cm³/mol. The normalized spacial score (nSPS) is 10.2. The molecule has 20 heavy (non-hydrogen) atoms. The van der Waals surface area contributed by atoms with E-state index in [-0.39, 0.29) is 11.4 Å². The van der Waals surface area contributed by atoms with Crippen molar-refractivity contribution in [1.29, 1.82) is 0 Å². The van der Waals surface area contributed by atoms with E-state index in [9.17, 15) is 9.18 Å². The van der Waals surface area contributed by atoms with E-state index in [1.165, 1.54) is 37.4 Å². The van der Waals surface area contributed by atoms with Crippen molar-refractivity contribution in [2.75, 3.05) is 12.8 Å². The molecule has 4 nitrogen and oxygen atoms in total. The van der Waals surface area contributed by atoms with E-state index in [1.807, 2.05) is 0 Å². The second-order valence-corrected chi connectivity index (χ2v) is 4.25. The van der Waals surface area contributed by atoms with Crippen LogP contribution in [-0.4, -0.2) is 13.1 Å². The Balaban J connectivity index is 2.41. The van der Waals surface area contributed by atoms with Crippen molar-refractivity contribution in [2.45, 2.75) is 6.92 Å². The van der Waals surface area contributed by atoms with Crippen molar-refractivity contribution < 1.29 is 18.7 Å². The maximum Gasteiger partial charge on any atom is 0.341 e. The summed E-state index contributed by atoms with van der Waals surface area (Å²) in [6.45, 7) is 1.80. The average Bonchev–Trinajstić information content (AvgIpc) is 2.44. The molecule has 2 rings (SSSR count). The molecule has 0 spiro atoms. The zero-order valence-corrected chi connectivity index (χ0v) is 11.1. The fourth-order valence-corrected chi connectivity index (χ4v) is 1.68. The number of rotatable bonds is 3. The van der Waals surface area contributed by atoms with Crippen molar-refractivity contribution in [3.05, 3.63) is 53.3 Å². The van der Waals surface area contributed by atoms with Crippen LogP contribution in [-0.2, 0) is 4.74 Å². The standard InChI is InChI=1S/C15H14FNO3/c1-9-7-14(12(8-13(9)17)15(18)19-2)20-11-5-3-10(16)4-6-11/h3-8H,17H2,1-2H3. The molecule has 0 heterocycles. The highest BCUT2D eigenvalue weighted by atomic mass is 19.1. The van der Waals surface area contributed by atoms with Gasteiger partial charge in [0.2, 0.25) is 0 Å². The van der Waals surface area contributed by atoms with Gasteiger partial charge in [0.15, 0.2) is 0 Å². The van der Waals surface area contributed by atoms with Gasteiger partial charge in [0.1, 0.15) is 22.9 Å². The molecule has 0 unspecified atom stereocenters. The van der Waals surface area contributed by atoms with Crippen molar-refractivity contribution in [2.24, 2.45) is 0 Å². The smallest absolute Gasteiger partial charge is 0.341 e. The molecule has 0 aliphatic heterocycles. The Labute approximate surface area is 115 Å². The van der Waals surface area contributed by atoms with E-state index in [0.717, 1.165) is 5.56 Å². The third-order valence-corrected chi connectivity index (χ3v) is 2.81. The summed E-state index contributed by atoms with van der Waals surface area (Å²) >= 11 is 0. The zero-order chi connectivity index (χ0) is 14.7. The highest BCUT2D eigenvalue weighted by molar-refractivity contribution is 5.94. The molecule has 0 fully saturated rings. The maximum atomic E-state index is 12.9. The van der Waals surface area contributed by atoms with Crippen LogP contribution < -0.4 is 10.5 Å². The van der Waals surface area contributed by atoms with Crippen LogP contribution in [0.5, 0.6) is 11.5 Å². The summed E-state index contributed by atoms with van der Waals surface area (Å²) in [6.07, 6.45) is 0. The van der Waals surface area contributed by atoms with Crippen LogP contribution in [0.1, 0.15) is 15.9 Å². The number of methoxy groups -OCH3 is 1. The van der Waals surface area contributed by atoms with Gasteiger partial charge in [-0.3, -0.25) is 0 Å². The first-order chi connectivity index (χ1) is 9.51. The molecule has 0 amide bonds. The van der Waals surface area contributed by atoms with Gasteiger partial charge in [-0.15, -0.1) is 0 Å². The molecule has 0 radical (unpaired) electrons. The number of hydrogen-bond donors (Lipinski definition) is 1. The monoisotopic (exact) mass is 275 g/mol. The fraction of sp³-hybridized carbons (Fsp3) is 0.133. The Morgan fingerprint density at radius 3 is 2.45 bits per heavy atom. The molecule has 5 heteroatoms. The molecular weight excluding hydrogens is 261 g/mol. The van der Waals surface area contributed by atoms with Crippen LogP contribution in [0, 0.1) is 12.7 Å². The molecule has 0 aromatic heterocycles. The number of carbonyl (C=O) groups excluding carboxylic acids is 1. The van der Waals surface area contributed by atoms with E-state index in [4.69, 9.17) is 15.2 Å². The number of hydrogen-bond acceptors (Lipinski definition) is 4.